The lowest BCUT2D eigenvalue weighted by Gasteiger charge is -2.35. The van der Waals surface area contributed by atoms with Crippen molar-refractivity contribution in [3.63, 3.8) is 0 Å². The molecule has 0 spiro atoms. The van der Waals surface area contributed by atoms with Crippen LogP contribution in [0.25, 0.3) is 22.3 Å². The molecule has 5 rings (SSSR count). The van der Waals surface area contributed by atoms with Gasteiger partial charge >= 0.3 is 15.5 Å². The van der Waals surface area contributed by atoms with Crippen LogP contribution in [0.3, 0.4) is 0 Å². The van der Waals surface area contributed by atoms with E-state index in [1.807, 2.05) is 17.9 Å². The van der Waals surface area contributed by atoms with Crippen LogP contribution in [-0.2, 0) is 14.8 Å². The summed E-state index contributed by atoms with van der Waals surface area (Å²) >= 11 is 0. The van der Waals surface area contributed by atoms with Crippen LogP contribution in [0.2, 0.25) is 0 Å². The maximum atomic E-state index is 13.0. The molecule has 4 aromatic rings. The number of nitrogens with zero attached hydrogens (tertiary/aromatic N) is 5. The molecule has 3 heterocycles. The highest BCUT2D eigenvalue weighted by Crippen LogP contribution is 2.32. The molecule has 11 nitrogen and oxygen atoms in total. The number of carbonyl (C=O) groups excluding carboxylic acids is 1. The number of fused-ring (bicyclic) bond motifs is 1. The molecule has 3 N–H and O–H groups in total. The lowest BCUT2D eigenvalue weighted by Crippen LogP contribution is -2.52. The third kappa shape index (κ3) is 5.85. The van der Waals surface area contributed by atoms with Gasteiger partial charge < -0.3 is 15.5 Å². The first-order chi connectivity index (χ1) is 19.4. The van der Waals surface area contributed by atoms with Crippen molar-refractivity contribution in [3.8, 4) is 11.4 Å². The van der Waals surface area contributed by atoms with Crippen molar-refractivity contribution >= 4 is 49.8 Å². The van der Waals surface area contributed by atoms with E-state index in [0.717, 1.165) is 5.69 Å². The Kier molecular flexibility index (Phi) is 7.40. The van der Waals surface area contributed by atoms with Gasteiger partial charge in [0.1, 0.15) is 5.82 Å². The van der Waals surface area contributed by atoms with E-state index >= 15 is 0 Å². The number of aromatic nitrogens is 4. The molecule has 0 atom stereocenters. The predicted molar refractivity (Wildman–Crippen MR) is 149 cm³/mol. The highest BCUT2D eigenvalue weighted by atomic mass is 32.2. The number of amides is 1. The number of halogens is 3. The van der Waals surface area contributed by atoms with Gasteiger partial charge in [-0.15, -0.1) is 0 Å². The maximum absolute atomic E-state index is 13.0. The van der Waals surface area contributed by atoms with Gasteiger partial charge in [0.2, 0.25) is 5.91 Å². The van der Waals surface area contributed by atoms with Gasteiger partial charge in [-0.1, -0.05) is 6.58 Å². The number of rotatable bonds is 7. The Morgan fingerprint density at radius 3 is 2.37 bits per heavy atom. The molecule has 1 fully saturated rings. The van der Waals surface area contributed by atoms with Crippen LogP contribution in [-0.4, -0.2) is 70.5 Å². The molecule has 2 aromatic carbocycles. The SMILES string of the molecule is C=CC(=O)Nc1ccc(-c2nc(Nc3cc(C)[nH]n3)c3ccc(N4CCN(S(=O)(=O)C(F)(F)F)CC4)cc3n2)cc1. The minimum atomic E-state index is -5.38. The average molecular weight is 587 g/mol. The Hall–Kier alpha value is -4.50. The molecule has 1 aliphatic heterocycles. The van der Waals surface area contributed by atoms with Gasteiger partial charge in [-0.05, 0) is 55.5 Å². The Balaban J connectivity index is 1.47. The number of hydrogen-bond acceptors (Lipinski definition) is 8. The van der Waals surface area contributed by atoms with Gasteiger partial charge in [-0.3, -0.25) is 9.89 Å². The minimum Gasteiger partial charge on any atom is -0.369 e. The molecule has 1 saturated heterocycles. The quantitative estimate of drug-likeness (QED) is 0.275. The summed E-state index contributed by atoms with van der Waals surface area (Å²) < 4.78 is 63.0. The van der Waals surface area contributed by atoms with E-state index in [1.165, 1.54) is 6.08 Å². The summed E-state index contributed by atoms with van der Waals surface area (Å²) in [4.78, 5) is 22.9. The third-order valence-corrected chi connectivity index (χ3v) is 8.10. The fraction of sp³-hybridized carbons (Fsp3) is 0.231. The van der Waals surface area contributed by atoms with Crippen LogP contribution in [0, 0.1) is 6.92 Å². The first-order valence-electron chi connectivity index (χ1n) is 12.4. The van der Waals surface area contributed by atoms with E-state index in [1.54, 1.807) is 42.5 Å². The Morgan fingerprint density at radius 2 is 1.76 bits per heavy atom. The fourth-order valence-corrected chi connectivity index (χ4v) is 5.31. The second kappa shape index (κ2) is 10.8. The second-order valence-electron chi connectivity index (χ2n) is 9.27. The maximum Gasteiger partial charge on any atom is 0.511 e. The summed E-state index contributed by atoms with van der Waals surface area (Å²) in [5.41, 5.74) is -2.03. The molecule has 0 saturated carbocycles. The summed E-state index contributed by atoms with van der Waals surface area (Å²) in [6.07, 6.45) is 1.17. The molecule has 0 aliphatic carbocycles. The molecule has 214 valence electrons. The highest BCUT2D eigenvalue weighted by molar-refractivity contribution is 7.90. The molecule has 41 heavy (non-hydrogen) atoms. The zero-order valence-corrected chi connectivity index (χ0v) is 22.6. The second-order valence-corrected chi connectivity index (χ2v) is 11.2. The normalized spacial score (nSPS) is 14.7. The predicted octanol–water partition coefficient (Wildman–Crippen LogP) is 4.17. The minimum absolute atomic E-state index is 0.0777. The van der Waals surface area contributed by atoms with Gasteiger partial charge in [0, 0.05) is 60.3 Å². The van der Waals surface area contributed by atoms with Crippen molar-refractivity contribution in [2.45, 2.75) is 12.4 Å². The van der Waals surface area contributed by atoms with E-state index in [9.17, 15) is 26.4 Å². The number of piperazine rings is 1. The Labute approximate surface area is 233 Å². The van der Waals surface area contributed by atoms with Crippen LogP contribution >= 0.6 is 0 Å². The molecular formula is C26H25F3N8O3S. The van der Waals surface area contributed by atoms with E-state index in [2.05, 4.69) is 27.4 Å². The Bertz CT molecular complexity index is 1710. The monoisotopic (exact) mass is 586 g/mol. The van der Waals surface area contributed by atoms with Crippen molar-refractivity contribution in [1.29, 1.82) is 0 Å². The van der Waals surface area contributed by atoms with Gasteiger partial charge in [-0.25, -0.2) is 18.4 Å². The number of alkyl halides is 3. The number of nitrogens with one attached hydrogen (secondary N) is 3. The first kappa shape index (κ1) is 28.0. The van der Waals surface area contributed by atoms with E-state index in [4.69, 9.17) is 9.97 Å². The standard InChI is InChI=1S/C26H25F3N8O3S/c1-3-23(38)30-18-6-4-17(5-7-18)24-31-21-15-19(36-10-12-37(13-11-36)41(39,40)26(27,28)29)8-9-20(21)25(33-24)32-22-14-16(2)34-35-22/h3-9,14-15H,1,10-13H2,2H3,(H,30,38)(H2,31,32,33,34,35). The van der Waals surface area contributed by atoms with E-state index in [0.29, 0.717) is 49.6 Å². The molecule has 1 aliphatic rings. The third-order valence-electron chi connectivity index (χ3n) is 6.47. The van der Waals surface area contributed by atoms with Crippen molar-refractivity contribution in [3.05, 3.63) is 66.9 Å². The number of benzene rings is 2. The lowest BCUT2D eigenvalue weighted by molar-refractivity contribution is -0.111. The summed E-state index contributed by atoms with van der Waals surface area (Å²) in [5.74, 6) is 1.06. The van der Waals surface area contributed by atoms with Gasteiger partial charge in [-0.2, -0.15) is 22.6 Å². The zero-order valence-electron chi connectivity index (χ0n) is 21.7. The smallest absolute Gasteiger partial charge is 0.369 e. The van der Waals surface area contributed by atoms with Crippen LogP contribution in [0.5, 0.6) is 0 Å². The molecule has 0 radical (unpaired) electrons. The van der Waals surface area contributed by atoms with Crippen molar-refractivity contribution < 1.29 is 26.4 Å². The molecule has 2 aromatic heterocycles. The number of carbonyl (C=O) groups is 1. The molecule has 0 bridgehead atoms. The number of aromatic amines is 1. The first-order valence-corrected chi connectivity index (χ1v) is 13.8. The summed E-state index contributed by atoms with van der Waals surface area (Å²) in [6.45, 7) is 4.86. The van der Waals surface area contributed by atoms with Crippen LogP contribution in [0.4, 0.5) is 36.2 Å². The van der Waals surface area contributed by atoms with Crippen LogP contribution < -0.4 is 15.5 Å². The van der Waals surface area contributed by atoms with Crippen molar-refractivity contribution in [2.75, 3.05) is 41.7 Å². The van der Waals surface area contributed by atoms with Crippen molar-refractivity contribution in [2.24, 2.45) is 0 Å². The number of H-pyrrole nitrogens is 1. The van der Waals surface area contributed by atoms with Crippen LogP contribution in [0.15, 0.2) is 61.2 Å². The highest BCUT2D eigenvalue weighted by Gasteiger charge is 2.50. The lowest BCUT2D eigenvalue weighted by atomic mass is 10.1. The summed E-state index contributed by atoms with van der Waals surface area (Å²) in [5, 5.41) is 13.6. The number of anilines is 4. The molecule has 0 unspecified atom stereocenters. The van der Waals surface area contributed by atoms with Gasteiger partial charge in [0.25, 0.3) is 0 Å². The largest absolute Gasteiger partial charge is 0.511 e. The number of hydrogen-bond donors (Lipinski definition) is 3. The van der Waals surface area contributed by atoms with Gasteiger partial charge in [0.05, 0.1) is 5.52 Å². The Morgan fingerprint density at radius 1 is 1.05 bits per heavy atom. The number of sulfonamides is 1. The average Bonchev–Trinajstić information content (AvgIpc) is 3.36. The zero-order chi connectivity index (χ0) is 29.4. The van der Waals surface area contributed by atoms with Crippen LogP contribution in [0.1, 0.15) is 5.69 Å². The topological polar surface area (TPSA) is 136 Å². The number of aryl methyl sites for hydroxylation is 1. The van der Waals surface area contributed by atoms with E-state index < -0.39 is 15.5 Å². The molecular weight excluding hydrogens is 561 g/mol. The summed E-state index contributed by atoms with van der Waals surface area (Å²) in [7, 11) is -5.38. The molecule has 1 amide bonds. The fourth-order valence-electron chi connectivity index (χ4n) is 4.37. The molecule has 15 heteroatoms. The van der Waals surface area contributed by atoms with E-state index in [-0.39, 0.29) is 32.1 Å². The summed E-state index contributed by atoms with van der Waals surface area (Å²) in [6, 6.07) is 14.1. The van der Waals surface area contributed by atoms with Gasteiger partial charge in [0.15, 0.2) is 11.6 Å². The van der Waals surface area contributed by atoms with Crippen molar-refractivity contribution in [1.82, 2.24) is 24.5 Å².